The van der Waals surface area contributed by atoms with Crippen molar-refractivity contribution in [3.05, 3.63) is 52.2 Å². The van der Waals surface area contributed by atoms with Crippen LogP contribution in [0.1, 0.15) is 32.9 Å². The number of carbonyl (C=O) groups excluding carboxylic acids is 3. The number of hydrogen-bond donors (Lipinski definition) is 1. The summed E-state index contributed by atoms with van der Waals surface area (Å²) in [6, 6.07) is 9.63. The number of hydrogen-bond acceptors (Lipinski definition) is 5. The van der Waals surface area contributed by atoms with Gasteiger partial charge >= 0.3 is 5.97 Å². The fraction of sp³-hybridized carbons (Fsp3) is 0.278. The third kappa shape index (κ3) is 3.71. The van der Waals surface area contributed by atoms with Crippen LogP contribution in [-0.2, 0) is 9.53 Å². The number of anilines is 1. The number of carbonyl (C=O) groups is 3. The maximum atomic E-state index is 12.6. The highest BCUT2D eigenvalue weighted by molar-refractivity contribution is 7.12. The molecule has 0 aliphatic carbocycles. The van der Waals surface area contributed by atoms with Crippen LogP contribution in [0.25, 0.3) is 0 Å². The Morgan fingerprint density at radius 2 is 2.08 bits per heavy atom. The summed E-state index contributed by atoms with van der Waals surface area (Å²) < 4.78 is 4.68. The largest absolute Gasteiger partial charge is 0.465 e. The van der Waals surface area contributed by atoms with E-state index in [0.717, 1.165) is 6.42 Å². The lowest BCUT2D eigenvalue weighted by atomic mass is 10.1. The van der Waals surface area contributed by atoms with Gasteiger partial charge in [0, 0.05) is 12.2 Å². The zero-order chi connectivity index (χ0) is 17.8. The molecule has 1 aliphatic heterocycles. The molecule has 0 saturated carbocycles. The molecule has 0 unspecified atom stereocenters. The molecule has 1 saturated heterocycles. The lowest BCUT2D eigenvalue weighted by Gasteiger charge is -2.23. The van der Waals surface area contributed by atoms with Gasteiger partial charge in [0.25, 0.3) is 5.91 Å². The monoisotopic (exact) mass is 358 g/mol. The van der Waals surface area contributed by atoms with Gasteiger partial charge in [-0.25, -0.2) is 4.79 Å². The van der Waals surface area contributed by atoms with Crippen molar-refractivity contribution in [2.45, 2.75) is 18.9 Å². The van der Waals surface area contributed by atoms with Crippen molar-refractivity contribution in [3.8, 4) is 0 Å². The summed E-state index contributed by atoms with van der Waals surface area (Å²) in [6.07, 6.45) is 1.41. The van der Waals surface area contributed by atoms with Gasteiger partial charge in [0.2, 0.25) is 5.91 Å². The lowest BCUT2D eigenvalue weighted by molar-refractivity contribution is -0.119. The van der Waals surface area contributed by atoms with Crippen molar-refractivity contribution in [2.24, 2.45) is 0 Å². The quantitative estimate of drug-likeness (QED) is 0.853. The second-order valence-electron chi connectivity index (χ2n) is 5.70. The molecular weight excluding hydrogens is 340 g/mol. The number of thiophene rings is 1. The van der Waals surface area contributed by atoms with E-state index < -0.39 is 12.0 Å². The predicted molar refractivity (Wildman–Crippen MR) is 94.8 cm³/mol. The molecule has 6 nitrogen and oxygen atoms in total. The van der Waals surface area contributed by atoms with Crippen LogP contribution in [0.4, 0.5) is 5.69 Å². The Bertz CT molecular complexity index is 788. The second-order valence-corrected chi connectivity index (χ2v) is 6.64. The average Bonchev–Trinajstić information content (AvgIpc) is 3.32. The van der Waals surface area contributed by atoms with E-state index in [1.807, 2.05) is 11.4 Å². The Morgan fingerprint density at radius 1 is 1.24 bits per heavy atom. The molecule has 25 heavy (non-hydrogen) atoms. The first-order valence-corrected chi connectivity index (χ1v) is 8.82. The molecule has 1 atom stereocenters. The number of benzene rings is 1. The molecule has 0 radical (unpaired) electrons. The highest BCUT2D eigenvalue weighted by Crippen LogP contribution is 2.23. The standard InChI is InChI=1S/C18H18N2O4S/c1-24-18(23)12-5-2-6-13(11-12)19-16(21)14-7-3-9-20(14)17(22)15-8-4-10-25-15/h2,4-6,8,10-11,14H,3,7,9H2,1H3,(H,19,21)/t14-/m1/s1. The number of likely N-dealkylation sites (tertiary alicyclic amines) is 1. The number of methoxy groups -OCH3 is 1. The number of amides is 2. The molecule has 1 fully saturated rings. The van der Waals surface area contributed by atoms with Crippen LogP contribution >= 0.6 is 11.3 Å². The topological polar surface area (TPSA) is 75.7 Å². The van der Waals surface area contributed by atoms with Gasteiger partial charge in [-0.3, -0.25) is 9.59 Å². The first-order valence-electron chi connectivity index (χ1n) is 7.94. The number of esters is 1. The minimum atomic E-state index is -0.503. The molecular formula is C18H18N2O4S. The van der Waals surface area contributed by atoms with E-state index in [2.05, 4.69) is 10.1 Å². The number of nitrogens with zero attached hydrogens (tertiary/aromatic N) is 1. The second kappa shape index (κ2) is 7.48. The maximum absolute atomic E-state index is 12.6. The van der Waals surface area contributed by atoms with Crippen LogP contribution in [0.3, 0.4) is 0 Å². The molecule has 3 rings (SSSR count). The van der Waals surface area contributed by atoms with Crippen molar-refractivity contribution < 1.29 is 19.1 Å². The van der Waals surface area contributed by atoms with Gasteiger partial charge in [-0.05, 0) is 42.5 Å². The first kappa shape index (κ1) is 17.2. The van der Waals surface area contributed by atoms with E-state index >= 15 is 0 Å². The summed E-state index contributed by atoms with van der Waals surface area (Å²) in [6.45, 7) is 0.566. The smallest absolute Gasteiger partial charge is 0.337 e. The molecule has 0 bridgehead atoms. The predicted octanol–water partition coefficient (Wildman–Crippen LogP) is 2.78. The molecule has 2 amide bonds. The Hall–Kier alpha value is -2.67. The summed E-state index contributed by atoms with van der Waals surface area (Å²) in [7, 11) is 1.31. The summed E-state index contributed by atoms with van der Waals surface area (Å²) in [5.41, 5.74) is 0.863. The van der Waals surface area contributed by atoms with Crippen LogP contribution < -0.4 is 5.32 Å². The van der Waals surface area contributed by atoms with E-state index in [9.17, 15) is 14.4 Å². The van der Waals surface area contributed by atoms with Crippen molar-refractivity contribution >= 4 is 34.8 Å². The summed E-state index contributed by atoms with van der Waals surface area (Å²) >= 11 is 1.37. The molecule has 2 aromatic rings. The van der Waals surface area contributed by atoms with Crippen molar-refractivity contribution in [1.82, 2.24) is 4.90 Å². The highest BCUT2D eigenvalue weighted by Gasteiger charge is 2.34. The molecule has 130 valence electrons. The molecule has 2 heterocycles. The summed E-state index contributed by atoms with van der Waals surface area (Å²) in [4.78, 5) is 39.0. The van der Waals surface area contributed by atoms with Crippen molar-refractivity contribution in [1.29, 1.82) is 0 Å². The van der Waals surface area contributed by atoms with Gasteiger partial charge in [-0.2, -0.15) is 0 Å². The zero-order valence-electron chi connectivity index (χ0n) is 13.7. The van der Waals surface area contributed by atoms with Gasteiger partial charge in [-0.15, -0.1) is 11.3 Å². The highest BCUT2D eigenvalue weighted by atomic mass is 32.1. The molecule has 7 heteroatoms. The minimum absolute atomic E-state index is 0.115. The van der Waals surface area contributed by atoms with Crippen LogP contribution in [0.2, 0.25) is 0 Å². The zero-order valence-corrected chi connectivity index (χ0v) is 14.5. The normalized spacial score (nSPS) is 16.5. The van der Waals surface area contributed by atoms with E-state index in [1.54, 1.807) is 35.2 Å². The molecule has 1 aromatic carbocycles. The van der Waals surface area contributed by atoms with Crippen LogP contribution in [0.15, 0.2) is 41.8 Å². The van der Waals surface area contributed by atoms with E-state index in [-0.39, 0.29) is 11.8 Å². The van der Waals surface area contributed by atoms with Crippen LogP contribution in [0, 0.1) is 0 Å². The lowest BCUT2D eigenvalue weighted by Crippen LogP contribution is -2.42. The van der Waals surface area contributed by atoms with Gasteiger partial charge in [0.05, 0.1) is 17.6 Å². The van der Waals surface area contributed by atoms with Gasteiger partial charge in [-0.1, -0.05) is 12.1 Å². The van der Waals surface area contributed by atoms with Gasteiger partial charge < -0.3 is 15.0 Å². The van der Waals surface area contributed by atoms with Gasteiger partial charge in [0.1, 0.15) is 6.04 Å². The molecule has 0 spiro atoms. The maximum Gasteiger partial charge on any atom is 0.337 e. The number of rotatable bonds is 4. The Labute approximate surface area is 149 Å². The molecule has 1 N–H and O–H groups in total. The van der Waals surface area contributed by atoms with E-state index in [1.165, 1.54) is 18.4 Å². The Balaban J connectivity index is 1.72. The molecule has 1 aromatic heterocycles. The average molecular weight is 358 g/mol. The van der Waals surface area contributed by atoms with E-state index in [4.69, 9.17) is 0 Å². The fourth-order valence-corrected chi connectivity index (χ4v) is 3.57. The Morgan fingerprint density at radius 3 is 2.80 bits per heavy atom. The third-order valence-electron chi connectivity index (χ3n) is 4.10. The number of ether oxygens (including phenoxy) is 1. The van der Waals surface area contributed by atoms with Crippen LogP contribution in [0.5, 0.6) is 0 Å². The first-order chi connectivity index (χ1) is 12.1. The van der Waals surface area contributed by atoms with Crippen molar-refractivity contribution in [2.75, 3.05) is 19.0 Å². The van der Waals surface area contributed by atoms with Gasteiger partial charge in [0.15, 0.2) is 0 Å². The summed E-state index contributed by atoms with van der Waals surface area (Å²) in [5, 5.41) is 4.64. The Kier molecular flexibility index (Phi) is 5.14. The van der Waals surface area contributed by atoms with Crippen molar-refractivity contribution in [3.63, 3.8) is 0 Å². The van der Waals surface area contributed by atoms with Crippen LogP contribution in [-0.4, -0.2) is 42.4 Å². The SMILES string of the molecule is COC(=O)c1cccc(NC(=O)[C@H]2CCCN2C(=O)c2cccs2)c1. The third-order valence-corrected chi connectivity index (χ3v) is 4.96. The minimum Gasteiger partial charge on any atom is -0.465 e. The molecule has 1 aliphatic rings. The van der Waals surface area contributed by atoms with E-state index in [0.29, 0.717) is 29.1 Å². The number of nitrogens with one attached hydrogen (secondary N) is 1. The summed E-state index contributed by atoms with van der Waals surface area (Å²) in [5.74, 6) is -0.827. The fourth-order valence-electron chi connectivity index (χ4n) is 2.89.